The molecule has 1 atom stereocenters. The third-order valence-corrected chi connectivity index (χ3v) is 4.11. The van der Waals surface area contributed by atoms with E-state index in [9.17, 15) is 4.79 Å². The zero-order chi connectivity index (χ0) is 19.2. The van der Waals surface area contributed by atoms with Gasteiger partial charge in [-0.05, 0) is 32.8 Å². The number of likely N-dealkylation sites (tertiary alicyclic amines) is 1. The summed E-state index contributed by atoms with van der Waals surface area (Å²) < 4.78 is 16.6. The van der Waals surface area contributed by atoms with Crippen molar-refractivity contribution >= 4 is 5.91 Å². The monoisotopic (exact) mass is 372 g/mol. The van der Waals surface area contributed by atoms with Crippen molar-refractivity contribution in [2.45, 2.75) is 38.9 Å². The molecule has 2 aromatic rings. The van der Waals surface area contributed by atoms with Crippen molar-refractivity contribution in [2.75, 3.05) is 20.2 Å². The maximum atomic E-state index is 12.8. The highest BCUT2D eigenvalue weighted by Gasteiger charge is 2.27. The number of methoxy groups -OCH3 is 1. The molecule has 0 spiro atoms. The van der Waals surface area contributed by atoms with E-state index < -0.39 is 0 Å². The van der Waals surface area contributed by atoms with E-state index in [1.54, 1.807) is 35.6 Å². The van der Waals surface area contributed by atoms with Gasteiger partial charge in [-0.2, -0.15) is 0 Å². The van der Waals surface area contributed by atoms with Crippen LogP contribution in [0.1, 0.15) is 37.0 Å². The number of piperidine rings is 1. The van der Waals surface area contributed by atoms with Gasteiger partial charge in [0.05, 0.1) is 25.3 Å². The number of rotatable bonds is 6. The fourth-order valence-electron chi connectivity index (χ4n) is 2.91. The molecular weight excluding hydrogens is 348 g/mol. The van der Waals surface area contributed by atoms with Crippen LogP contribution in [0.15, 0.2) is 30.7 Å². The number of carbonyl (C=O) groups excluding carboxylic acids is 1. The molecular formula is C19H24N4O4. The molecule has 0 aliphatic carbocycles. The van der Waals surface area contributed by atoms with Gasteiger partial charge in [-0.25, -0.2) is 15.0 Å². The predicted octanol–water partition coefficient (Wildman–Crippen LogP) is 2.35. The van der Waals surface area contributed by atoms with Gasteiger partial charge in [-0.1, -0.05) is 0 Å². The largest absolute Gasteiger partial charge is 0.477 e. The highest BCUT2D eigenvalue weighted by molar-refractivity contribution is 5.94. The zero-order valence-electron chi connectivity index (χ0n) is 15.8. The van der Waals surface area contributed by atoms with Crippen molar-refractivity contribution in [1.82, 2.24) is 19.9 Å². The number of carbonyl (C=O) groups is 1. The summed E-state index contributed by atoms with van der Waals surface area (Å²) in [5.74, 6) is 1.12. The van der Waals surface area contributed by atoms with Crippen LogP contribution in [0.5, 0.6) is 17.6 Å². The van der Waals surface area contributed by atoms with E-state index in [1.807, 2.05) is 13.8 Å². The fourth-order valence-corrected chi connectivity index (χ4v) is 2.91. The molecule has 0 radical (unpaired) electrons. The molecule has 1 saturated heterocycles. The van der Waals surface area contributed by atoms with Crippen molar-refractivity contribution in [3.63, 3.8) is 0 Å². The zero-order valence-corrected chi connectivity index (χ0v) is 15.8. The molecule has 2 aromatic heterocycles. The van der Waals surface area contributed by atoms with Crippen molar-refractivity contribution in [3.05, 3.63) is 36.3 Å². The van der Waals surface area contributed by atoms with Gasteiger partial charge in [0.25, 0.3) is 17.7 Å². The van der Waals surface area contributed by atoms with Crippen LogP contribution in [0.25, 0.3) is 0 Å². The third kappa shape index (κ3) is 4.84. The van der Waals surface area contributed by atoms with Gasteiger partial charge in [0, 0.05) is 31.2 Å². The molecule has 8 heteroatoms. The Balaban J connectivity index is 1.64. The Kier molecular flexibility index (Phi) is 6.05. The summed E-state index contributed by atoms with van der Waals surface area (Å²) in [7, 11) is 1.52. The Morgan fingerprint density at radius 1 is 1.19 bits per heavy atom. The number of amides is 1. The second kappa shape index (κ2) is 8.66. The van der Waals surface area contributed by atoms with Crippen LogP contribution in [0.2, 0.25) is 0 Å². The lowest BCUT2D eigenvalue weighted by molar-refractivity contribution is 0.0519. The molecule has 8 nitrogen and oxygen atoms in total. The van der Waals surface area contributed by atoms with E-state index in [-0.39, 0.29) is 18.1 Å². The van der Waals surface area contributed by atoms with Gasteiger partial charge >= 0.3 is 0 Å². The quantitative estimate of drug-likeness (QED) is 0.769. The van der Waals surface area contributed by atoms with Gasteiger partial charge in [0.2, 0.25) is 5.88 Å². The lowest BCUT2D eigenvalue weighted by atomic mass is 10.1. The minimum atomic E-state index is -0.162. The number of nitrogens with zero attached hydrogens (tertiary/aromatic N) is 4. The van der Waals surface area contributed by atoms with Crippen molar-refractivity contribution in [2.24, 2.45) is 0 Å². The predicted molar refractivity (Wildman–Crippen MR) is 98.1 cm³/mol. The first-order chi connectivity index (χ1) is 13.1. The molecule has 0 N–H and O–H groups in total. The molecule has 3 rings (SSSR count). The first-order valence-electron chi connectivity index (χ1n) is 9.00. The molecule has 3 heterocycles. The highest BCUT2D eigenvalue weighted by atomic mass is 16.5. The average Bonchev–Trinajstić information content (AvgIpc) is 2.68. The molecule has 27 heavy (non-hydrogen) atoms. The topological polar surface area (TPSA) is 86.7 Å². The summed E-state index contributed by atoms with van der Waals surface area (Å²) in [6.07, 6.45) is 6.21. The van der Waals surface area contributed by atoms with Crippen LogP contribution in [-0.2, 0) is 0 Å². The number of hydrogen-bond acceptors (Lipinski definition) is 7. The van der Waals surface area contributed by atoms with Crippen molar-refractivity contribution < 1.29 is 19.0 Å². The Bertz CT molecular complexity index is 767. The van der Waals surface area contributed by atoms with E-state index >= 15 is 0 Å². The standard InChI is InChI=1S/C19H24N4O4/c1-13(2)26-16-7-6-14(11-22-16)19(24)23-10-4-5-15(12-23)27-18-17(25-3)20-8-9-21-18/h6-9,11,13,15H,4-5,10,12H2,1-3H3. The number of hydrogen-bond donors (Lipinski definition) is 0. The second-order valence-electron chi connectivity index (χ2n) is 6.56. The van der Waals surface area contributed by atoms with E-state index in [0.29, 0.717) is 36.3 Å². The van der Waals surface area contributed by atoms with Crippen molar-refractivity contribution in [3.8, 4) is 17.6 Å². The minimum Gasteiger partial charge on any atom is -0.477 e. The van der Waals surface area contributed by atoms with Gasteiger partial charge in [-0.3, -0.25) is 4.79 Å². The molecule has 144 valence electrons. The molecule has 1 amide bonds. The maximum absolute atomic E-state index is 12.8. The number of aromatic nitrogens is 3. The fraction of sp³-hybridized carbons (Fsp3) is 0.474. The highest BCUT2D eigenvalue weighted by Crippen LogP contribution is 2.24. The summed E-state index contributed by atoms with van der Waals surface area (Å²) in [5, 5.41) is 0. The van der Waals surface area contributed by atoms with Crippen LogP contribution >= 0.6 is 0 Å². The van der Waals surface area contributed by atoms with E-state index in [0.717, 1.165) is 12.8 Å². The summed E-state index contributed by atoms with van der Waals surface area (Å²) >= 11 is 0. The summed E-state index contributed by atoms with van der Waals surface area (Å²) in [6.45, 7) is 5.02. The van der Waals surface area contributed by atoms with Gasteiger partial charge < -0.3 is 19.1 Å². The van der Waals surface area contributed by atoms with Crippen LogP contribution in [0, 0.1) is 0 Å². The average molecular weight is 372 g/mol. The van der Waals surface area contributed by atoms with E-state index in [4.69, 9.17) is 14.2 Å². The van der Waals surface area contributed by atoms with Gasteiger partial charge in [0.15, 0.2) is 0 Å². The normalized spacial score (nSPS) is 16.9. The Morgan fingerprint density at radius 2 is 1.96 bits per heavy atom. The van der Waals surface area contributed by atoms with Crippen LogP contribution in [0.3, 0.4) is 0 Å². The van der Waals surface area contributed by atoms with Crippen LogP contribution in [0.4, 0.5) is 0 Å². The van der Waals surface area contributed by atoms with Crippen LogP contribution in [-0.4, -0.2) is 58.2 Å². The molecule has 1 aliphatic heterocycles. The van der Waals surface area contributed by atoms with Gasteiger partial charge in [0.1, 0.15) is 6.10 Å². The number of pyridine rings is 1. The van der Waals surface area contributed by atoms with Crippen LogP contribution < -0.4 is 14.2 Å². The Labute approximate surface area is 158 Å². The minimum absolute atomic E-state index is 0.0390. The molecule has 1 unspecified atom stereocenters. The summed E-state index contributed by atoms with van der Waals surface area (Å²) in [4.78, 5) is 27.0. The number of ether oxygens (including phenoxy) is 3. The van der Waals surface area contributed by atoms with Crippen molar-refractivity contribution in [1.29, 1.82) is 0 Å². The molecule has 0 saturated carbocycles. The molecule has 0 bridgehead atoms. The third-order valence-electron chi connectivity index (χ3n) is 4.11. The lowest BCUT2D eigenvalue weighted by Crippen LogP contribution is -2.44. The molecule has 1 aliphatic rings. The Morgan fingerprint density at radius 3 is 2.63 bits per heavy atom. The van der Waals surface area contributed by atoms with E-state index in [1.165, 1.54) is 7.11 Å². The summed E-state index contributed by atoms with van der Waals surface area (Å²) in [5.41, 5.74) is 0.531. The molecule has 1 fully saturated rings. The lowest BCUT2D eigenvalue weighted by Gasteiger charge is -2.32. The Hall–Kier alpha value is -2.90. The SMILES string of the molecule is COc1nccnc1OC1CCCN(C(=O)c2ccc(OC(C)C)nc2)C1. The smallest absolute Gasteiger partial charge is 0.278 e. The second-order valence-corrected chi connectivity index (χ2v) is 6.56. The first-order valence-corrected chi connectivity index (χ1v) is 9.00. The first kappa shape index (κ1) is 18.9. The molecule has 0 aromatic carbocycles. The van der Waals surface area contributed by atoms with E-state index in [2.05, 4.69) is 15.0 Å². The maximum Gasteiger partial charge on any atom is 0.278 e. The van der Waals surface area contributed by atoms with Gasteiger partial charge in [-0.15, -0.1) is 0 Å². The summed E-state index contributed by atoms with van der Waals surface area (Å²) in [6, 6.07) is 3.46.